The highest BCUT2D eigenvalue weighted by atomic mass is 35.5. The Hall–Kier alpha value is -1.73. The summed E-state index contributed by atoms with van der Waals surface area (Å²) in [6.07, 6.45) is 4.57. The van der Waals surface area contributed by atoms with Gasteiger partial charge in [-0.1, -0.05) is 11.6 Å². The average molecular weight is 325 g/mol. The maximum absolute atomic E-state index is 12.3. The van der Waals surface area contributed by atoms with Gasteiger partial charge in [-0.15, -0.1) is 0 Å². The lowest BCUT2D eigenvalue weighted by Crippen LogP contribution is -2.55. The van der Waals surface area contributed by atoms with Crippen LogP contribution in [0.1, 0.15) is 18.5 Å². The van der Waals surface area contributed by atoms with Crippen molar-refractivity contribution in [2.75, 3.05) is 19.8 Å². The Morgan fingerprint density at radius 2 is 2.23 bits per heavy atom. The molecule has 2 aliphatic heterocycles. The van der Waals surface area contributed by atoms with Gasteiger partial charge in [-0.25, -0.2) is 4.98 Å². The number of morpholine rings is 1. The Morgan fingerprint density at radius 1 is 1.41 bits per heavy atom. The summed E-state index contributed by atoms with van der Waals surface area (Å²) in [5.74, 6) is -0.320. The predicted octanol–water partition coefficient (Wildman–Crippen LogP) is 0.384. The molecule has 2 aliphatic rings. The number of hydrogen-bond acceptors (Lipinski definition) is 5. The van der Waals surface area contributed by atoms with Crippen molar-refractivity contribution in [3.8, 4) is 0 Å². The number of ether oxygens (including phenoxy) is 1. The van der Waals surface area contributed by atoms with Gasteiger partial charge in [0.1, 0.15) is 6.61 Å². The van der Waals surface area contributed by atoms with E-state index in [-0.39, 0.29) is 42.1 Å². The number of nitrogens with one attached hydrogen (secondary N) is 1. The Balaban J connectivity index is 1.57. The molecule has 1 N–H and O–H groups in total. The third-order valence-corrected chi connectivity index (χ3v) is 4.40. The molecule has 0 radical (unpaired) electrons. The SMILES string of the molecule is O=C(NCc1nccnc1Cl)C1CCC2COCC(=O)N2C1. The molecule has 3 rings (SSSR count). The number of piperidine rings is 1. The van der Waals surface area contributed by atoms with E-state index in [0.717, 1.165) is 12.8 Å². The highest BCUT2D eigenvalue weighted by Crippen LogP contribution is 2.25. The molecule has 2 saturated heterocycles. The summed E-state index contributed by atoms with van der Waals surface area (Å²) >= 11 is 5.91. The highest BCUT2D eigenvalue weighted by molar-refractivity contribution is 6.29. The van der Waals surface area contributed by atoms with Gasteiger partial charge in [-0.3, -0.25) is 14.6 Å². The Bertz CT molecular complexity index is 583. The molecule has 2 atom stereocenters. The summed E-state index contributed by atoms with van der Waals surface area (Å²) in [5, 5.41) is 3.11. The molecular weight excluding hydrogens is 308 g/mol. The van der Waals surface area contributed by atoms with Crippen LogP contribution in [0.4, 0.5) is 0 Å². The minimum absolute atomic E-state index is 0.0364. The number of rotatable bonds is 3. The molecule has 2 fully saturated rings. The largest absolute Gasteiger partial charge is 0.369 e. The van der Waals surface area contributed by atoms with Gasteiger partial charge in [0.05, 0.1) is 30.8 Å². The lowest BCUT2D eigenvalue weighted by molar-refractivity contribution is -0.153. The van der Waals surface area contributed by atoms with Gasteiger partial charge in [0.15, 0.2) is 5.15 Å². The van der Waals surface area contributed by atoms with Gasteiger partial charge in [0, 0.05) is 18.9 Å². The van der Waals surface area contributed by atoms with E-state index in [0.29, 0.717) is 18.8 Å². The van der Waals surface area contributed by atoms with Crippen molar-refractivity contribution in [2.24, 2.45) is 5.92 Å². The zero-order valence-electron chi connectivity index (χ0n) is 12.0. The monoisotopic (exact) mass is 324 g/mol. The number of hydrogen-bond donors (Lipinski definition) is 1. The van der Waals surface area contributed by atoms with Gasteiger partial charge in [-0.2, -0.15) is 0 Å². The van der Waals surface area contributed by atoms with Crippen molar-refractivity contribution in [1.29, 1.82) is 0 Å². The lowest BCUT2D eigenvalue weighted by Gasteiger charge is -2.41. The fourth-order valence-electron chi connectivity index (χ4n) is 2.87. The van der Waals surface area contributed by atoms with Gasteiger partial charge in [-0.05, 0) is 12.8 Å². The average Bonchev–Trinajstić information content (AvgIpc) is 2.54. The van der Waals surface area contributed by atoms with E-state index < -0.39 is 0 Å². The molecule has 0 aromatic carbocycles. The fourth-order valence-corrected chi connectivity index (χ4v) is 3.04. The van der Waals surface area contributed by atoms with Gasteiger partial charge in [0.25, 0.3) is 0 Å². The first-order chi connectivity index (χ1) is 10.6. The zero-order chi connectivity index (χ0) is 15.5. The van der Waals surface area contributed by atoms with Crippen LogP contribution in [-0.2, 0) is 20.9 Å². The number of aromatic nitrogens is 2. The molecule has 1 aromatic rings. The van der Waals surface area contributed by atoms with Crippen LogP contribution >= 0.6 is 11.6 Å². The molecule has 2 amide bonds. The van der Waals surface area contributed by atoms with E-state index in [1.54, 1.807) is 4.90 Å². The second-order valence-corrected chi connectivity index (χ2v) is 5.86. The number of halogens is 1. The van der Waals surface area contributed by atoms with Gasteiger partial charge < -0.3 is 15.0 Å². The van der Waals surface area contributed by atoms with Crippen LogP contribution in [0.2, 0.25) is 5.15 Å². The summed E-state index contributed by atoms with van der Waals surface area (Å²) in [6.45, 7) is 1.37. The first-order valence-corrected chi connectivity index (χ1v) is 7.63. The van der Waals surface area contributed by atoms with Crippen molar-refractivity contribution in [2.45, 2.75) is 25.4 Å². The van der Waals surface area contributed by atoms with Crippen LogP contribution in [0.3, 0.4) is 0 Å². The van der Waals surface area contributed by atoms with E-state index >= 15 is 0 Å². The fraction of sp³-hybridized carbons (Fsp3) is 0.571. The molecule has 7 nitrogen and oxygen atoms in total. The van der Waals surface area contributed by atoms with Gasteiger partial charge in [0.2, 0.25) is 11.8 Å². The first kappa shape index (κ1) is 15.2. The van der Waals surface area contributed by atoms with E-state index in [4.69, 9.17) is 16.3 Å². The van der Waals surface area contributed by atoms with Crippen LogP contribution in [0.15, 0.2) is 12.4 Å². The molecule has 3 heterocycles. The second kappa shape index (κ2) is 6.58. The number of nitrogens with zero attached hydrogens (tertiary/aromatic N) is 3. The maximum atomic E-state index is 12.3. The van der Waals surface area contributed by atoms with Crippen LogP contribution in [0.25, 0.3) is 0 Å². The Kier molecular flexibility index (Phi) is 4.54. The molecule has 0 aliphatic carbocycles. The maximum Gasteiger partial charge on any atom is 0.248 e. The number of fused-ring (bicyclic) bond motifs is 1. The molecule has 0 spiro atoms. The standard InChI is InChI=1S/C14H17ClN4O3/c15-13-11(16-3-4-17-13)5-18-14(21)9-1-2-10-7-22-8-12(20)19(10)6-9/h3-4,9-10H,1-2,5-8H2,(H,18,21). The van der Waals surface area contributed by atoms with Crippen molar-refractivity contribution in [3.05, 3.63) is 23.2 Å². The van der Waals surface area contributed by atoms with Crippen molar-refractivity contribution >= 4 is 23.4 Å². The Labute approximate surface area is 133 Å². The van der Waals surface area contributed by atoms with Crippen LogP contribution in [-0.4, -0.2) is 52.5 Å². The number of amides is 2. The summed E-state index contributed by atoms with van der Waals surface area (Å²) < 4.78 is 5.24. The quantitative estimate of drug-likeness (QED) is 0.869. The molecule has 0 saturated carbocycles. The summed E-state index contributed by atoms with van der Waals surface area (Å²) in [6, 6.07) is 0.111. The zero-order valence-corrected chi connectivity index (χ0v) is 12.8. The first-order valence-electron chi connectivity index (χ1n) is 7.25. The van der Waals surface area contributed by atoms with Crippen molar-refractivity contribution < 1.29 is 14.3 Å². The van der Waals surface area contributed by atoms with Crippen molar-refractivity contribution in [3.63, 3.8) is 0 Å². The normalized spacial score (nSPS) is 24.8. The number of carbonyl (C=O) groups is 2. The summed E-state index contributed by atoms with van der Waals surface area (Å²) in [4.78, 5) is 33.9. The van der Waals surface area contributed by atoms with Gasteiger partial charge >= 0.3 is 0 Å². The van der Waals surface area contributed by atoms with Crippen LogP contribution in [0, 0.1) is 5.92 Å². The lowest BCUT2D eigenvalue weighted by atomic mass is 9.91. The molecule has 8 heteroatoms. The molecule has 22 heavy (non-hydrogen) atoms. The number of carbonyl (C=O) groups excluding carboxylic acids is 2. The predicted molar refractivity (Wildman–Crippen MR) is 77.9 cm³/mol. The molecule has 1 aromatic heterocycles. The second-order valence-electron chi connectivity index (χ2n) is 5.50. The summed E-state index contributed by atoms with van der Waals surface area (Å²) in [7, 11) is 0. The smallest absolute Gasteiger partial charge is 0.248 e. The minimum Gasteiger partial charge on any atom is -0.369 e. The molecule has 2 unspecified atom stereocenters. The van der Waals surface area contributed by atoms with E-state index in [2.05, 4.69) is 15.3 Å². The molecular formula is C14H17ClN4O3. The molecule has 118 valence electrons. The van der Waals surface area contributed by atoms with E-state index in [1.807, 2.05) is 0 Å². The van der Waals surface area contributed by atoms with Crippen LogP contribution < -0.4 is 5.32 Å². The minimum atomic E-state index is -0.200. The molecule has 0 bridgehead atoms. The Morgan fingerprint density at radius 3 is 3.05 bits per heavy atom. The highest BCUT2D eigenvalue weighted by Gasteiger charge is 2.37. The third-order valence-electron chi connectivity index (χ3n) is 4.09. The van der Waals surface area contributed by atoms with E-state index in [1.165, 1.54) is 12.4 Å². The summed E-state index contributed by atoms with van der Waals surface area (Å²) in [5.41, 5.74) is 0.536. The van der Waals surface area contributed by atoms with E-state index in [9.17, 15) is 9.59 Å². The van der Waals surface area contributed by atoms with Crippen LogP contribution in [0.5, 0.6) is 0 Å². The topological polar surface area (TPSA) is 84.4 Å². The third kappa shape index (κ3) is 3.20. The van der Waals surface area contributed by atoms with Crippen molar-refractivity contribution in [1.82, 2.24) is 20.2 Å².